The minimum atomic E-state index is -4.14. The maximum Gasteiger partial charge on any atom is 0.401 e. The fourth-order valence-corrected chi connectivity index (χ4v) is 3.19. The van der Waals surface area contributed by atoms with Crippen LogP contribution in [0.1, 0.15) is 23.2 Å². The number of halogens is 3. The molecule has 1 aromatic rings. The molecule has 1 fully saturated rings. The fourth-order valence-electron chi connectivity index (χ4n) is 2.48. The quantitative estimate of drug-likeness (QED) is 0.632. The third kappa shape index (κ3) is 6.34. The third-order valence-electron chi connectivity index (χ3n) is 3.40. The number of hydrogen-bond donors (Lipinski definition) is 2. The Hall–Kier alpha value is -1.35. The van der Waals surface area contributed by atoms with E-state index in [1.165, 1.54) is 4.90 Å². The van der Waals surface area contributed by atoms with Crippen molar-refractivity contribution in [2.75, 3.05) is 26.2 Å². The van der Waals surface area contributed by atoms with Crippen LogP contribution in [0.3, 0.4) is 0 Å². The molecule has 0 radical (unpaired) electrons. The maximum absolute atomic E-state index is 12.4. The number of hydrogen-bond acceptors (Lipinski definition) is 4. The zero-order chi connectivity index (χ0) is 16.9. The molecule has 1 aliphatic rings. The van der Waals surface area contributed by atoms with Gasteiger partial charge < -0.3 is 10.6 Å². The van der Waals surface area contributed by atoms with E-state index in [-0.39, 0.29) is 6.04 Å². The van der Waals surface area contributed by atoms with E-state index in [1.54, 1.807) is 11.3 Å². The van der Waals surface area contributed by atoms with Gasteiger partial charge in [-0.05, 0) is 20.3 Å². The molecule has 2 rings (SSSR count). The number of aromatic nitrogens is 1. The first-order chi connectivity index (χ1) is 10.9. The number of aryl methyl sites for hydroxylation is 1. The van der Waals surface area contributed by atoms with Gasteiger partial charge in [-0.3, -0.25) is 4.90 Å². The normalized spacial score (nSPS) is 20.0. The largest absolute Gasteiger partial charge is 0.401 e. The number of alkyl halides is 3. The van der Waals surface area contributed by atoms with Crippen LogP contribution in [-0.2, 0) is 6.54 Å². The lowest BCUT2D eigenvalue weighted by Gasteiger charge is -2.19. The van der Waals surface area contributed by atoms with E-state index >= 15 is 0 Å². The van der Waals surface area contributed by atoms with E-state index in [0.717, 1.165) is 9.88 Å². The van der Waals surface area contributed by atoms with Crippen molar-refractivity contribution in [2.24, 2.45) is 4.99 Å². The highest BCUT2D eigenvalue weighted by Gasteiger charge is 2.34. The summed E-state index contributed by atoms with van der Waals surface area (Å²) in [6.07, 6.45) is -1.66. The number of nitrogens with one attached hydrogen (secondary N) is 2. The second kappa shape index (κ2) is 7.96. The first-order valence-electron chi connectivity index (χ1n) is 7.61. The van der Waals surface area contributed by atoms with E-state index in [9.17, 15) is 13.2 Å². The molecular weight excluding hydrogens is 327 g/mol. The van der Waals surface area contributed by atoms with Crippen LogP contribution < -0.4 is 10.6 Å². The predicted octanol–water partition coefficient (Wildman–Crippen LogP) is 2.14. The van der Waals surface area contributed by atoms with Crippen LogP contribution >= 0.6 is 11.3 Å². The lowest BCUT2D eigenvalue weighted by Crippen LogP contribution is -2.45. The average molecular weight is 349 g/mol. The lowest BCUT2D eigenvalue weighted by molar-refractivity contribution is -0.143. The van der Waals surface area contributed by atoms with Crippen molar-refractivity contribution < 1.29 is 13.2 Å². The van der Waals surface area contributed by atoms with Crippen molar-refractivity contribution in [3.8, 4) is 0 Å². The van der Waals surface area contributed by atoms with Gasteiger partial charge in [0.1, 0.15) is 5.01 Å². The van der Waals surface area contributed by atoms with E-state index in [2.05, 4.69) is 20.6 Å². The summed E-state index contributed by atoms with van der Waals surface area (Å²) in [4.78, 5) is 11.3. The first-order valence-corrected chi connectivity index (χ1v) is 8.42. The highest BCUT2D eigenvalue weighted by Crippen LogP contribution is 2.20. The molecule has 0 amide bonds. The number of guanidine groups is 1. The minimum absolute atomic E-state index is 0.0202. The van der Waals surface area contributed by atoms with E-state index in [4.69, 9.17) is 0 Å². The van der Waals surface area contributed by atoms with Gasteiger partial charge in [0.2, 0.25) is 0 Å². The van der Waals surface area contributed by atoms with Crippen molar-refractivity contribution in [3.63, 3.8) is 0 Å². The monoisotopic (exact) mass is 349 g/mol. The topological polar surface area (TPSA) is 52.6 Å². The van der Waals surface area contributed by atoms with Crippen molar-refractivity contribution in [1.29, 1.82) is 0 Å². The molecule has 2 heterocycles. The Balaban J connectivity index is 1.87. The number of aliphatic imine (C=N–C) groups is 1. The third-order valence-corrected chi connectivity index (χ3v) is 4.30. The van der Waals surface area contributed by atoms with Crippen LogP contribution in [0.15, 0.2) is 11.2 Å². The summed E-state index contributed by atoms with van der Waals surface area (Å²) in [5, 5.41) is 7.26. The molecule has 9 heteroatoms. The molecular formula is C14H22F3N5S. The number of rotatable bonds is 5. The van der Waals surface area contributed by atoms with Crippen molar-refractivity contribution >= 4 is 17.3 Å². The molecule has 0 spiro atoms. The van der Waals surface area contributed by atoms with Gasteiger partial charge in [0.25, 0.3) is 0 Å². The molecule has 0 aromatic carbocycles. The summed E-state index contributed by atoms with van der Waals surface area (Å²) in [5.41, 5.74) is 0. The Labute approximate surface area is 138 Å². The van der Waals surface area contributed by atoms with Gasteiger partial charge in [0, 0.05) is 36.8 Å². The minimum Gasteiger partial charge on any atom is -0.357 e. The Morgan fingerprint density at radius 1 is 1.52 bits per heavy atom. The molecule has 130 valence electrons. The Bertz CT molecular complexity index is 529. The standard InChI is InChI=1S/C14H22F3N5S/c1-3-18-13(20-7-12-19-6-10(2)23-12)21-11-4-5-22(8-11)9-14(15,16)17/h6,11H,3-5,7-9H2,1-2H3,(H2,18,20,21). The van der Waals surface area contributed by atoms with Gasteiger partial charge in [0.05, 0.1) is 13.1 Å². The van der Waals surface area contributed by atoms with Gasteiger partial charge in [-0.15, -0.1) is 11.3 Å². The zero-order valence-corrected chi connectivity index (χ0v) is 14.1. The summed E-state index contributed by atoms with van der Waals surface area (Å²) in [5.74, 6) is 0.624. The first kappa shape index (κ1) is 18.0. The summed E-state index contributed by atoms with van der Waals surface area (Å²) in [6.45, 7) is 5.08. The molecule has 1 unspecified atom stereocenters. The van der Waals surface area contributed by atoms with Crippen LogP contribution in [-0.4, -0.2) is 54.2 Å². The van der Waals surface area contributed by atoms with Gasteiger partial charge in [-0.1, -0.05) is 0 Å². The molecule has 2 N–H and O–H groups in total. The van der Waals surface area contributed by atoms with Crippen LogP contribution in [0.25, 0.3) is 0 Å². The molecule has 0 bridgehead atoms. The second-order valence-electron chi connectivity index (χ2n) is 5.54. The van der Waals surface area contributed by atoms with Gasteiger partial charge in [-0.2, -0.15) is 13.2 Å². The fraction of sp³-hybridized carbons (Fsp3) is 0.714. The van der Waals surface area contributed by atoms with Crippen molar-refractivity contribution in [2.45, 2.75) is 39.0 Å². The van der Waals surface area contributed by atoms with E-state index < -0.39 is 12.7 Å². The van der Waals surface area contributed by atoms with Crippen LogP contribution in [0.5, 0.6) is 0 Å². The molecule has 1 atom stereocenters. The Morgan fingerprint density at radius 3 is 2.91 bits per heavy atom. The number of thiazole rings is 1. The molecule has 0 saturated carbocycles. The highest BCUT2D eigenvalue weighted by molar-refractivity contribution is 7.11. The zero-order valence-electron chi connectivity index (χ0n) is 13.3. The summed E-state index contributed by atoms with van der Waals surface area (Å²) < 4.78 is 37.3. The second-order valence-corrected chi connectivity index (χ2v) is 6.86. The van der Waals surface area contributed by atoms with Gasteiger partial charge >= 0.3 is 6.18 Å². The molecule has 1 saturated heterocycles. The SMILES string of the molecule is CCNC(=NCc1ncc(C)s1)NC1CCN(CC(F)(F)F)C1. The van der Waals surface area contributed by atoms with Crippen molar-refractivity contribution in [1.82, 2.24) is 20.5 Å². The van der Waals surface area contributed by atoms with E-state index in [1.807, 2.05) is 20.0 Å². The summed E-state index contributed by atoms with van der Waals surface area (Å²) >= 11 is 1.59. The average Bonchev–Trinajstić information content (AvgIpc) is 3.04. The predicted molar refractivity (Wildman–Crippen MR) is 85.7 cm³/mol. The molecule has 23 heavy (non-hydrogen) atoms. The molecule has 0 aliphatic carbocycles. The number of likely N-dealkylation sites (tertiary alicyclic amines) is 1. The maximum atomic E-state index is 12.4. The van der Waals surface area contributed by atoms with E-state index in [0.29, 0.717) is 38.6 Å². The Kier molecular flexibility index (Phi) is 6.23. The van der Waals surface area contributed by atoms with Crippen LogP contribution in [0.4, 0.5) is 13.2 Å². The molecule has 5 nitrogen and oxygen atoms in total. The molecule has 1 aromatic heterocycles. The highest BCUT2D eigenvalue weighted by atomic mass is 32.1. The molecule has 1 aliphatic heterocycles. The summed E-state index contributed by atoms with van der Waals surface area (Å²) in [7, 11) is 0. The number of nitrogens with zero attached hydrogens (tertiary/aromatic N) is 3. The smallest absolute Gasteiger partial charge is 0.357 e. The Morgan fingerprint density at radius 2 is 2.30 bits per heavy atom. The van der Waals surface area contributed by atoms with Crippen molar-refractivity contribution in [3.05, 3.63) is 16.1 Å². The summed E-state index contributed by atoms with van der Waals surface area (Å²) in [6, 6.07) is -0.0202. The van der Waals surface area contributed by atoms with Gasteiger partial charge in [-0.25, -0.2) is 9.98 Å². The lowest BCUT2D eigenvalue weighted by atomic mass is 10.3. The van der Waals surface area contributed by atoms with Gasteiger partial charge in [0.15, 0.2) is 5.96 Å². The van der Waals surface area contributed by atoms with Crippen LogP contribution in [0.2, 0.25) is 0 Å². The van der Waals surface area contributed by atoms with Crippen LogP contribution in [0, 0.1) is 6.92 Å².